The number of hydrogen-bond acceptors (Lipinski definition) is 3. The highest BCUT2D eigenvalue weighted by atomic mass is 16.5. The minimum Gasteiger partial charge on any atom is -0.467 e. The molecule has 1 amide bonds. The van der Waals surface area contributed by atoms with Gasteiger partial charge in [0.2, 0.25) is 0 Å². The molecule has 0 aliphatic rings. The van der Waals surface area contributed by atoms with Crippen molar-refractivity contribution in [3.8, 4) is 0 Å². The van der Waals surface area contributed by atoms with E-state index in [0.29, 0.717) is 18.0 Å². The normalized spacial score (nSPS) is 12.2. The molecule has 17 heavy (non-hydrogen) atoms. The van der Waals surface area contributed by atoms with Crippen LogP contribution in [0, 0.1) is 5.92 Å². The van der Waals surface area contributed by atoms with E-state index < -0.39 is 12.0 Å². The van der Waals surface area contributed by atoms with Gasteiger partial charge in [0.1, 0.15) is 11.7 Å². The van der Waals surface area contributed by atoms with Gasteiger partial charge >= 0.3 is 5.97 Å². The highest BCUT2D eigenvalue weighted by molar-refractivity contribution is 5.95. The molecule has 1 heterocycles. The Labute approximate surface area is 101 Å². The van der Waals surface area contributed by atoms with Crippen LogP contribution in [0.3, 0.4) is 0 Å². The molecule has 0 saturated carbocycles. The Kier molecular flexibility index (Phi) is 4.75. The molecule has 0 radical (unpaired) electrons. The number of rotatable bonds is 5. The number of amides is 1. The molecule has 2 N–H and O–H groups in total. The smallest absolute Gasteiger partial charge is 0.328 e. The molecule has 0 fully saturated rings. The Hall–Kier alpha value is -1.78. The van der Waals surface area contributed by atoms with Gasteiger partial charge in [-0.3, -0.25) is 4.79 Å². The van der Waals surface area contributed by atoms with Crippen molar-refractivity contribution in [2.45, 2.75) is 26.3 Å². The van der Waals surface area contributed by atoms with E-state index in [9.17, 15) is 9.59 Å². The van der Waals surface area contributed by atoms with Gasteiger partial charge in [0, 0.05) is 6.20 Å². The molecule has 0 aromatic carbocycles. The van der Waals surface area contributed by atoms with E-state index in [1.54, 1.807) is 18.3 Å². The molecule has 5 heteroatoms. The van der Waals surface area contributed by atoms with Gasteiger partial charge in [-0.2, -0.15) is 0 Å². The second-order valence-electron chi connectivity index (χ2n) is 4.26. The van der Waals surface area contributed by atoms with Crippen LogP contribution in [0.15, 0.2) is 18.3 Å². The Morgan fingerprint density at radius 3 is 2.65 bits per heavy atom. The average Bonchev–Trinajstić information content (AvgIpc) is 2.79. The van der Waals surface area contributed by atoms with Crippen LogP contribution in [0.2, 0.25) is 0 Å². The fraction of sp³-hybridized carbons (Fsp3) is 0.500. The highest BCUT2D eigenvalue weighted by Crippen LogP contribution is 2.07. The van der Waals surface area contributed by atoms with Crippen LogP contribution in [-0.2, 0) is 9.53 Å². The minimum atomic E-state index is -0.601. The zero-order chi connectivity index (χ0) is 12.8. The van der Waals surface area contributed by atoms with Gasteiger partial charge in [-0.05, 0) is 24.5 Å². The third-order valence-corrected chi connectivity index (χ3v) is 2.34. The van der Waals surface area contributed by atoms with Gasteiger partial charge in [0.15, 0.2) is 0 Å². The first-order chi connectivity index (χ1) is 8.04. The first-order valence-electron chi connectivity index (χ1n) is 5.56. The van der Waals surface area contributed by atoms with E-state index in [1.165, 1.54) is 7.11 Å². The SMILES string of the molecule is COC(=O)C(CC(C)C)NC(=O)c1ccc[nH]1. The molecule has 5 nitrogen and oxygen atoms in total. The number of aromatic amines is 1. The van der Waals surface area contributed by atoms with Crippen LogP contribution in [0.4, 0.5) is 0 Å². The summed E-state index contributed by atoms with van der Waals surface area (Å²) in [6, 6.07) is 2.78. The number of aromatic nitrogens is 1. The second-order valence-corrected chi connectivity index (χ2v) is 4.26. The summed E-state index contributed by atoms with van der Waals surface area (Å²) in [4.78, 5) is 26.1. The van der Waals surface area contributed by atoms with E-state index in [0.717, 1.165) is 0 Å². The number of carbonyl (C=O) groups is 2. The largest absolute Gasteiger partial charge is 0.467 e. The maximum Gasteiger partial charge on any atom is 0.328 e. The second kappa shape index (κ2) is 6.08. The van der Waals surface area contributed by atoms with E-state index in [2.05, 4.69) is 15.0 Å². The summed E-state index contributed by atoms with van der Waals surface area (Å²) >= 11 is 0. The minimum absolute atomic E-state index is 0.294. The molecule has 0 aliphatic carbocycles. The number of nitrogens with one attached hydrogen (secondary N) is 2. The van der Waals surface area contributed by atoms with Crippen LogP contribution in [0.25, 0.3) is 0 Å². The quantitative estimate of drug-likeness (QED) is 0.760. The first kappa shape index (κ1) is 13.3. The standard InChI is InChI=1S/C12H18N2O3/c1-8(2)7-10(12(16)17-3)14-11(15)9-5-4-6-13-9/h4-6,8,10,13H,7H2,1-3H3,(H,14,15). The van der Waals surface area contributed by atoms with Crippen LogP contribution in [-0.4, -0.2) is 30.0 Å². The molecule has 1 unspecified atom stereocenters. The lowest BCUT2D eigenvalue weighted by Gasteiger charge is -2.17. The molecule has 1 rings (SSSR count). The number of carbonyl (C=O) groups excluding carboxylic acids is 2. The van der Waals surface area contributed by atoms with Gasteiger partial charge in [0.05, 0.1) is 7.11 Å². The molecule has 0 bridgehead atoms. The zero-order valence-corrected chi connectivity index (χ0v) is 10.3. The number of ether oxygens (including phenoxy) is 1. The van der Waals surface area contributed by atoms with Crippen molar-refractivity contribution in [2.24, 2.45) is 5.92 Å². The number of methoxy groups -OCH3 is 1. The average molecular weight is 238 g/mol. The third-order valence-electron chi connectivity index (χ3n) is 2.34. The lowest BCUT2D eigenvalue weighted by Crippen LogP contribution is -2.42. The molecule has 0 saturated heterocycles. The maximum atomic E-state index is 11.8. The Morgan fingerprint density at radius 1 is 1.47 bits per heavy atom. The third kappa shape index (κ3) is 3.94. The summed E-state index contributed by atoms with van der Waals surface area (Å²) in [5.41, 5.74) is 0.433. The summed E-state index contributed by atoms with van der Waals surface area (Å²) in [5, 5.41) is 2.66. The van der Waals surface area contributed by atoms with Gasteiger partial charge in [-0.15, -0.1) is 0 Å². The molecule has 0 spiro atoms. The van der Waals surface area contributed by atoms with Gasteiger partial charge in [-0.25, -0.2) is 4.79 Å². The van der Waals surface area contributed by atoms with Gasteiger partial charge in [0.25, 0.3) is 5.91 Å². The number of H-pyrrole nitrogens is 1. The van der Waals surface area contributed by atoms with Crippen molar-refractivity contribution in [1.29, 1.82) is 0 Å². The predicted molar refractivity (Wildman–Crippen MR) is 63.5 cm³/mol. The van der Waals surface area contributed by atoms with Crippen LogP contribution < -0.4 is 5.32 Å². The van der Waals surface area contributed by atoms with Crippen molar-refractivity contribution in [1.82, 2.24) is 10.3 Å². The molecule has 1 atom stereocenters. The van der Waals surface area contributed by atoms with Crippen molar-refractivity contribution < 1.29 is 14.3 Å². The summed E-state index contributed by atoms with van der Waals surface area (Å²) < 4.78 is 4.67. The van der Waals surface area contributed by atoms with Crippen LogP contribution in [0.1, 0.15) is 30.8 Å². The molecular weight excluding hydrogens is 220 g/mol. The van der Waals surface area contributed by atoms with E-state index in [1.807, 2.05) is 13.8 Å². The zero-order valence-electron chi connectivity index (χ0n) is 10.3. The van der Waals surface area contributed by atoms with E-state index in [4.69, 9.17) is 0 Å². The van der Waals surface area contributed by atoms with Crippen molar-refractivity contribution in [3.63, 3.8) is 0 Å². The van der Waals surface area contributed by atoms with Crippen LogP contribution in [0.5, 0.6) is 0 Å². The Balaban J connectivity index is 2.66. The fourth-order valence-corrected chi connectivity index (χ4v) is 1.54. The Morgan fingerprint density at radius 2 is 2.18 bits per heavy atom. The highest BCUT2D eigenvalue weighted by Gasteiger charge is 2.23. The predicted octanol–water partition coefficient (Wildman–Crippen LogP) is 1.33. The monoisotopic (exact) mass is 238 g/mol. The lowest BCUT2D eigenvalue weighted by molar-refractivity contribution is -0.143. The van der Waals surface area contributed by atoms with Gasteiger partial charge < -0.3 is 15.0 Å². The molecule has 94 valence electrons. The van der Waals surface area contributed by atoms with Crippen LogP contribution >= 0.6 is 0 Å². The number of esters is 1. The van der Waals surface area contributed by atoms with Crippen molar-refractivity contribution in [3.05, 3.63) is 24.0 Å². The van der Waals surface area contributed by atoms with Crippen molar-refractivity contribution >= 4 is 11.9 Å². The summed E-state index contributed by atoms with van der Waals surface area (Å²) in [5.74, 6) is -0.423. The fourth-order valence-electron chi connectivity index (χ4n) is 1.54. The summed E-state index contributed by atoms with van der Waals surface area (Å²) in [7, 11) is 1.32. The first-order valence-corrected chi connectivity index (χ1v) is 5.56. The topological polar surface area (TPSA) is 71.2 Å². The van der Waals surface area contributed by atoms with Gasteiger partial charge in [-0.1, -0.05) is 13.8 Å². The van der Waals surface area contributed by atoms with E-state index >= 15 is 0 Å². The maximum absolute atomic E-state index is 11.8. The van der Waals surface area contributed by atoms with Crippen molar-refractivity contribution in [2.75, 3.05) is 7.11 Å². The van der Waals surface area contributed by atoms with E-state index in [-0.39, 0.29) is 5.91 Å². The summed E-state index contributed by atoms with van der Waals surface area (Å²) in [6.45, 7) is 3.97. The Bertz CT molecular complexity index is 371. The molecule has 1 aromatic heterocycles. The number of hydrogen-bond donors (Lipinski definition) is 2. The molecular formula is C12H18N2O3. The molecule has 0 aliphatic heterocycles. The summed E-state index contributed by atoms with van der Waals surface area (Å²) in [6.07, 6.45) is 2.21. The lowest BCUT2D eigenvalue weighted by atomic mass is 10.0. The molecule has 1 aromatic rings.